The smallest absolute Gasteiger partial charge is 0.274 e. The zero-order chi connectivity index (χ0) is 12.3. The Hall–Kier alpha value is -1.88. The van der Waals surface area contributed by atoms with E-state index in [1.54, 1.807) is 17.4 Å². The van der Waals surface area contributed by atoms with Gasteiger partial charge >= 0.3 is 0 Å². The molecule has 0 saturated heterocycles. The molecule has 0 aliphatic heterocycles. The summed E-state index contributed by atoms with van der Waals surface area (Å²) < 4.78 is 0. The molecule has 2 N–H and O–H groups in total. The lowest BCUT2D eigenvalue weighted by Gasteiger charge is -2.12. The Bertz CT molecular complexity index is 511. The maximum atomic E-state index is 11.8. The molecule has 0 bridgehead atoms. The first-order chi connectivity index (χ1) is 8.18. The van der Waals surface area contributed by atoms with Crippen LogP contribution in [0.1, 0.15) is 29.0 Å². The third-order valence-corrected chi connectivity index (χ3v) is 3.09. The van der Waals surface area contributed by atoms with E-state index >= 15 is 0 Å². The molecule has 2 rings (SSSR count). The Morgan fingerprint density at radius 1 is 1.53 bits per heavy atom. The zero-order valence-electron chi connectivity index (χ0n) is 9.25. The Labute approximate surface area is 103 Å². The van der Waals surface area contributed by atoms with Gasteiger partial charge in [-0.25, -0.2) is 4.98 Å². The summed E-state index contributed by atoms with van der Waals surface area (Å²) in [4.78, 5) is 15.7. The number of thiophene rings is 1. The van der Waals surface area contributed by atoms with Crippen molar-refractivity contribution in [2.45, 2.75) is 13.0 Å². The van der Waals surface area contributed by atoms with Gasteiger partial charge in [-0.1, -0.05) is 0 Å². The number of nitrogens with zero attached hydrogens (tertiary/aromatic N) is 1. The molecule has 0 aliphatic rings. The van der Waals surface area contributed by atoms with Crippen molar-refractivity contribution in [3.05, 3.63) is 46.4 Å². The molecule has 5 heteroatoms. The summed E-state index contributed by atoms with van der Waals surface area (Å²) in [7, 11) is 0. The molecule has 1 amide bonds. The number of pyridine rings is 1. The first-order valence-electron chi connectivity index (χ1n) is 5.15. The van der Waals surface area contributed by atoms with Crippen LogP contribution in [-0.4, -0.2) is 16.0 Å². The summed E-state index contributed by atoms with van der Waals surface area (Å²) in [5, 5.41) is 16.2. The highest BCUT2D eigenvalue weighted by molar-refractivity contribution is 7.07. The zero-order valence-corrected chi connectivity index (χ0v) is 10.1. The summed E-state index contributed by atoms with van der Waals surface area (Å²) in [6.07, 6.45) is 1.48. The van der Waals surface area contributed by atoms with Crippen LogP contribution in [0.5, 0.6) is 5.75 Å². The number of aromatic nitrogens is 1. The van der Waals surface area contributed by atoms with Gasteiger partial charge < -0.3 is 10.4 Å². The van der Waals surface area contributed by atoms with Crippen LogP contribution in [0.4, 0.5) is 0 Å². The highest BCUT2D eigenvalue weighted by Gasteiger charge is 2.15. The lowest BCUT2D eigenvalue weighted by atomic mass is 10.2. The number of rotatable bonds is 3. The molecule has 2 aromatic heterocycles. The fraction of sp³-hybridized carbons (Fsp3) is 0.167. The number of hydrogen-bond donors (Lipinski definition) is 2. The van der Waals surface area contributed by atoms with Crippen LogP contribution in [0.15, 0.2) is 35.2 Å². The van der Waals surface area contributed by atoms with Gasteiger partial charge in [-0.15, -0.1) is 0 Å². The summed E-state index contributed by atoms with van der Waals surface area (Å²) in [6.45, 7) is 1.89. The van der Waals surface area contributed by atoms with E-state index in [1.807, 2.05) is 23.8 Å². The van der Waals surface area contributed by atoms with Gasteiger partial charge in [0.1, 0.15) is 5.75 Å². The Balaban J connectivity index is 2.10. The van der Waals surface area contributed by atoms with Crippen molar-refractivity contribution in [3.8, 4) is 5.75 Å². The van der Waals surface area contributed by atoms with E-state index < -0.39 is 0 Å². The van der Waals surface area contributed by atoms with Crippen molar-refractivity contribution in [3.63, 3.8) is 0 Å². The average molecular weight is 248 g/mol. The van der Waals surface area contributed by atoms with Crippen LogP contribution in [0.25, 0.3) is 0 Å². The van der Waals surface area contributed by atoms with Crippen molar-refractivity contribution in [1.82, 2.24) is 10.3 Å². The molecule has 0 spiro atoms. The number of carbonyl (C=O) groups is 1. The molecular formula is C12H12N2O2S. The van der Waals surface area contributed by atoms with Crippen LogP contribution < -0.4 is 5.32 Å². The average Bonchev–Trinajstić information content (AvgIpc) is 2.82. The third kappa shape index (κ3) is 2.62. The lowest BCUT2D eigenvalue weighted by molar-refractivity contribution is 0.0932. The van der Waals surface area contributed by atoms with Crippen LogP contribution in [0.2, 0.25) is 0 Å². The summed E-state index contributed by atoms with van der Waals surface area (Å²) >= 11 is 1.58. The van der Waals surface area contributed by atoms with E-state index in [1.165, 1.54) is 12.3 Å². The number of aromatic hydroxyl groups is 1. The van der Waals surface area contributed by atoms with E-state index in [2.05, 4.69) is 10.3 Å². The van der Waals surface area contributed by atoms with Crippen LogP contribution in [0.3, 0.4) is 0 Å². The van der Waals surface area contributed by atoms with Gasteiger partial charge in [0.05, 0.1) is 6.04 Å². The van der Waals surface area contributed by atoms with E-state index in [0.717, 1.165) is 5.56 Å². The molecule has 0 radical (unpaired) electrons. The predicted octanol–water partition coefficient (Wildman–Crippen LogP) is 2.34. The van der Waals surface area contributed by atoms with Crippen molar-refractivity contribution in [2.75, 3.05) is 0 Å². The van der Waals surface area contributed by atoms with E-state index in [0.29, 0.717) is 0 Å². The monoisotopic (exact) mass is 248 g/mol. The maximum absolute atomic E-state index is 11.8. The second-order valence-corrected chi connectivity index (χ2v) is 4.40. The molecule has 0 fully saturated rings. The molecule has 88 valence electrons. The second kappa shape index (κ2) is 4.97. The molecule has 0 aliphatic carbocycles. The van der Waals surface area contributed by atoms with Crippen molar-refractivity contribution in [2.24, 2.45) is 0 Å². The number of carbonyl (C=O) groups excluding carboxylic acids is 1. The molecule has 4 nitrogen and oxygen atoms in total. The quantitative estimate of drug-likeness (QED) is 0.876. The lowest BCUT2D eigenvalue weighted by Crippen LogP contribution is -2.27. The minimum atomic E-state index is -0.373. The summed E-state index contributed by atoms with van der Waals surface area (Å²) in [5.74, 6) is -0.482. The van der Waals surface area contributed by atoms with Crippen LogP contribution >= 0.6 is 11.3 Å². The summed E-state index contributed by atoms with van der Waals surface area (Å²) in [5.41, 5.74) is 1.09. The minimum Gasteiger partial charge on any atom is -0.505 e. The first-order valence-corrected chi connectivity index (χ1v) is 6.09. The normalized spacial score (nSPS) is 12.1. The second-order valence-electron chi connectivity index (χ2n) is 3.62. The molecule has 1 atom stereocenters. The minimum absolute atomic E-state index is 0.0505. The van der Waals surface area contributed by atoms with E-state index in [9.17, 15) is 9.90 Å². The Morgan fingerprint density at radius 2 is 2.35 bits per heavy atom. The highest BCUT2D eigenvalue weighted by Crippen LogP contribution is 2.18. The summed E-state index contributed by atoms with van der Waals surface area (Å²) in [6, 6.07) is 4.87. The molecule has 2 heterocycles. The van der Waals surface area contributed by atoms with Gasteiger partial charge in [0.15, 0.2) is 5.69 Å². The molecule has 0 aromatic carbocycles. The molecule has 17 heavy (non-hydrogen) atoms. The fourth-order valence-electron chi connectivity index (χ4n) is 1.44. The Morgan fingerprint density at radius 3 is 3.00 bits per heavy atom. The standard InChI is InChI=1S/C12H12N2O2S/c1-8(9-4-6-17-7-9)14-12(16)11-10(15)3-2-5-13-11/h2-8,15H,1H3,(H,14,16). The molecule has 0 saturated carbocycles. The van der Waals surface area contributed by atoms with E-state index in [4.69, 9.17) is 0 Å². The van der Waals surface area contributed by atoms with Gasteiger partial charge in [0.25, 0.3) is 5.91 Å². The largest absolute Gasteiger partial charge is 0.505 e. The fourth-order valence-corrected chi connectivity index (χ4v) is 2.20. The van der Waals surface area contributed by atoms with Gasteiger partial charge in [-0.3, -0.25) is 4.79 Å². The van der Waals surface area contributed by atoms with Gasteiger partial charge in [-0.05, 0) is 41.4 Å². The van der Waals surface area contributed by atoms with Crippen molar-refractivity contribution >= 4 is 17.2 Å². The van der Waals surface area contributed by atoms with Gasteiger partial charge in [-0.2, -0.15) is 11.3 Å². The predicted molar refractivity (Wildman–Crippen MR) is 66.1 cm³/mol. The molecule has 2 aromatic rings. The van der Waals surface area contributed by atoms with Crippen LogP contribution in [0, 0.1) is 0 Å². The van der Waals surface area contributed by atoms with Crippen molar-refractivity contribution < 1.29 is 9.90 Å². The van der Waals surface area contributed by atoms with Gasteiger partial charge in [0, 0.05) is 6.20 Å². The topological polar surface area (TPSA) is 62.2 Å². The third-order valence-electron chi connectivity index (χ3n) is 2.39. The maximum Gasteiger partial charge on any atom is 0.274 e. The number of hydrogen-bond acceptors (Lipinski definition) is 4. The first kappa shape index (κ1) is 11.6. The van der Waals surface area contributed by atoms with E-state index in [-0.39, 0.29) is 23.4 Å². The number of nitrogens with one attached hydrogen (secondary N) is 1. The number of amides is 1. The highest BCUT2D eigenvalue weighted by atomic mass is 32.1. The Kier molecular flexibility index (Phi) is 3.39. The van der Waals surface area contributed by atoms with Crippen LogP contribution in [-0.2, 0) is 0 Å². The molecular weight excluding hydrogens is 236 g/mol. The molecule has 1 unspecified atom stereocenters. The van der Waals surface area contributed by atoms with Crippen molar-refractivity contribution in [1.29, 1.82) is 0 Å². The van der Waals surface area contributed by atoms with Gasteiger partial charge in [0.2, 0.25) is 0 Å². The SMILES string of the molecule is CC(NC(=O)c1ncccc1O)c1ccsc1.